The van der Waals surface area contributed by atoms with Crippen LogP contribution in [0.15, 0.2) is 11.2 Å². The minimum absolute atomic E-state index is 0.0758. The number of nitrogens with zero attached hydrogens (tertiary/aromatic N) is 3. The zero-order chi connectivity index (χ0) is 13.3. The van der Waals surface area contributed by atoms with Crippen molar-refractivity contribution in [3.05, 3.63) is 17.5 Å². The molecule has 1 aliphatic rings. The van der Waals surface area contributed by atoms with Crippen LogP contribution in [-0.4, -0.2) is 48.4 Å². The van der Waals surface area contributed by atoms with Gasteiger partial charge < -0.3 is 5.32 Å². The van der Waals surface area contributed by atoms with Crippen LogP contribution in [0.3, 0.4) is 0 Å². The van der Waals surface area contributed by atoms with Gasteiger partial charge in [0.05, 0.1) is 0 Å². The van der Waals surface area contributed by atoms with Crippen molar-refractivity contribution in [3.63, 3.8) is 0 Å². The first kappa shape index (κ1) is 13.4. The van der Waals surface area contributed by atoms with Crippen LogP contribution in [-0.2, 0) is 10.0 Å². The van der Waals surface area contributed by atoms with Crippen molar-refractivity contribution in [2.24, 2.45) is 0 Å². The molecule has 2 rings (SSSR count). The number of nitrogens with one attached hydrogen (secondary N) is 1. The molecule has 0 aliphatic carbocycles. The largest absolute Gasteiger partial charge is 0.314 e. The van der Waals surface area contributed by atoms with Crippen molar-refractivity contribution in [1.29, 1.82) is 0 Å². The molecule has 1 fully saturated rings. The Morgan fingerprint density at radius 2 is 1.94 bits per heavy atom. The minimum atomic E-state index is -3.59. The molecule has 18 heavy (non-hydrogen) atoms. The van der Waals surface area contributed by atoms with Crippen molar-refractivity contribution >= 4 is 10.0 Å². The summed E-state index contributed by atoms with van der Waals surface area (Å²) in [6, 6.07) is 1.69. The number of hydrogen-bond donors (Lipinski definition) is 1. The second kappa shape index (κ2) is 4.91. The van der Waals surface area contributed by atoms with Gasteiger partial charge in [-0.1, -0.05) is 0 Å². The molecule has 1 saturated heterocycles. The Morgan fingerprint density at radius 1 is 1.33 bits per heavy atom. The number of aryl methyl sites for hydroxylation is 2. The van der Waals surface area contributed by atoms with E-state index in [1.54, 1.807) is 19.9 Å². The van der Waals surface area contributed by atoms with Gasteiger partial charge in [-0.2, -0.15) is 4.31 Å². The highest BCUT2D eigenvalue weighted by molar-refractivity contribution is 7.89. The first-order valence-corrected chi connectivity index (χ1v) is 7.40. The first-order chi connectivity index (χ1) is 8.41. The summed E-state index contributed by atoms with van der Waals surface area (Å²) in [5.41, 5.74) is 1.34. The van der Waals surface area contributed by atoms with Crippen molar-refractivity contribution in [2.45, 2.75) is 32.0 Å². The fraction of sp³-hybridized carbons (Fsp3) is 0.636. The van der Waals surface area contributed by atoms with Gasteiger partial charge >= 0.3 is 0 Å². The molecule has 1 atom stereocenters. The maximum Gasteiger partial charge on any atom is 0.279 e. The average molecular weight is 270 g/mol. The van der Waals surface area contributed by atoms with Crippen molar-refractivity contribution in [2.75, 3.05) is 19.6 Å². The summed E-state index contributed by atoms with van der Waals surface area (Å²) >= 11 is 0. The van der Waals surface area contributed by atoms with E-state index in [1.165, 1.54) is 4.31 Å². The molecule has 100 valence electrons. The van der Waals surface area contributed by atoms with E-state index in [4.69, 9.17) is 0 Å². The minimum Gasteiger partial charge on any atom is -0.314 e. The molecular formula is C11H18N4O2S. The van der Waals surface area contributed by atoms with Crippen LogP contribution in [0.2, 0.25) is 0 Å². The lowest BCUT2D eigenvalue weighted by Crippen LogP contribution is -2.52. The van der Waals surface area contributed by atoms with Crippen LogP contribution >= 0.6 is 0 Å². The average Bonchev–Trinajstić information content (AvgIpc) is 2.28. The first-order valence-electron chi connectivity index (χ1n) is 5.96. The summed E-state index contributed by atoms with van der Waals surface area (Å²) in [5, 5.41) is 3.07. The van der Waals surface area contributed by atoms with Gasteiger partial charge in [0.15, 0.2) is 0 Å². The van der Waals surface area contributed by atoms with Gasteiger partial charge in [-0.25, -0.2) is 18.4 Å². The highest BCUT2D eigenvalue weighted by atomic mass is 32.2. The van der Waals surface area contributed by atoms with Crippen LogP contribution in [0.5, 0.6) is 0 Å². The molecule has 1 aliphatic heterocycles. The summed E-state index contributed by atoms with van der Waals surface area (Å²) in [5.74, 6) is 0. The predicted molar refractivity (Wildman–Crippen MR) is 67.7 cm³/mol. The maximum absolute atomic E-state index is 12.5. The molecule has 1 N–H and O–H groups in total. The van der Waals surface area contributed by atoms with Gasteiger partial charge in [-0.3, -0.25) is 0 Å². The Hall–Kier alpha value is -1.05. The Labute approximate surface area is 107 Å². The zero-order valence-electron chi connectivity index (χ0n) is 10.8. The molecule has 0 unspecified atom stereocenters. The molecule has 0 radical (unpaired) electrons. The Bertz CT molecular complexity index is 524. The van der Waals surface area contributed by atoms with Gasteiger partial charge in [-0.15, -0.1) is 0 Å². The predicted octanol–water partition coefficient (Wildman–Crippen LogP) is 0.0758. The standard InChI is InChI=1S/C11H18N4O2S/c1-8-6-9(2)14-11(13-8)18(16,17)15-5-4-12-7-10(15)3/h6,10,12H,4-5,7H2,1-3H3/t10-/m0/s1. The van der Waals surface area contributed by atoms with Gasteiger partial charge in [0.2, 0.25) is 0 Å². The molecule has 0 amide bonds. The van der Waals surface area contributed by atoms with E-state index in [2.05, 4.69) is 15.3 Å². The van der Waals surface area contributed by atoms with Crippen molar-refractivity contribution < 1.29 is 8.42 Å². The smallest absolute Gasteiger partial charge is 0.279 e. The maximum atomic E-state index is 12.5. The van der Waals surface area contributed by atoms with Crippen LogP contribution in [0.4, 0.5) is 0 Å². The molecule has 7 heteroatoms. The molecule has 0 aromatic carbocycles. The molecule has 0 bridgehead atoms. The zero-order valence-corrected chi connectivity index (χ0v) is 11.7. The number of hydrogen-bond acceptors (Lipinski definition) is 5. The highest BCUT2D eigenvalue weighted by Gasteiger charge is 2.33. The molecule has 2 heterocycles. The number of rotatable bonds is 2. The lowest BCUT2D eigenvalue weighted by atomic mass is 10.3. The quantitative estimate of drug-likeness (QED) is 0.770. The van der Waals surface area contributed by atoms with E-state index in [0.717, 1.165) is 0 Å². The summed E-state index contributed by atoms with van der Waals surface area (Å²) in [7, 11) is -3.59. The van der Waals surface area contributed by atoms with E-state index >= 15 is 0 Å². The van der Waals surface area contributed by atoms with E-state index < -0.39 is 10.0 Å². The molecular weight excluding hydrogens is 252 g/mol. The third-order valence-electron chi connectivity index (χ3n) is 2.94. The van der Waals surface area contributed by atoms with Crippen molar-refractivity contribution in [3.8, 4) is 0 Å². The second-order valence-electron chi connectivity index (χ2n) is 4.60. The van der Waals surface area contributed by atoms with Gasteiger partial charge in [0.25, 0.3) is 15.2 Å². The molecule has 1 aromatic rings. The fourth-order valence-electron chi connectivity index (χ4n) is 2.09. The van der Waals surface area contributed by atoms with E-state index in [0.29, 0.717) is 31.0 Å². The summed E-state index contributed by atoms with van der Waals surface area (Å²) < 4.78 is 26.4. The Kier molecular flexibility index (Phi) is 3.65. The summed E-state index contributed by atoms with van der Waals surface area (Å²) in [6.45, 7) is 7.20. The SMILES string of the molecule is Cc1cc(C)nc(S(=O)(=O)N2CCNC[C@@H]2C)n1. The summed E-state index contributed by atoms with van der Waals surface area (Å²) in [4.78, 5) is 8.11. The Balaban J connectivity index is 2.40. The number of aromatic nitrogens is 2. The van der Waals surface area contributed by atoms with E-state index in [9.17, 15) is 8.42 Å². The third-order valence-corrected chi connectivity index (χ3v) is 4.75. The lowest BCUT2D eigenvalue weighted by Gasteiger charge is -2.32. The second-order valence-corrected chi connectivity index (χ2v) is 6.39. The van der Waals surface area contributed by atoms with Gasteiger partial charge in [0, 0.05) is 37.1 Å². The van der Waals surface area contributed by atoms with Gasteiger partial charge in [0.1, 0.15) is 0 Å². The molecule has 1 aromatic heterocycles. The van der Waals surface area contributed by atoms with E-state index in [1.807, 2.05) is 6.92 Å². The molecule has 0 saturated carbocycles. The van der Waals surface area contributed by atoms with Crippen LogP contribution in [0.25, 0.3) is 0 Å². The molecule has 6 nitrogen and oxygen atoms in total. The highest BCUT2D eigenvalue weighted by Crippen LogP contribution is 2.16. The van der Waals surface area contributed by atoms with Crippen molar-refractivity contribution in [1.82, 2.24) is 19.6 Å². The van der Waals surface area contributed by atoms with E-state index in [-0.39, 0.29) is 11.2 Å². The van der Waals surface area contributed by atoms with Gasteiger partial charge in [-0.05, 0) is 26.8 Å². The number of sulfonamides is 1. The van der Waals surface area contributed by atoms with Crippen LogP contribution in [0, 0.1) is 13.8 Å². The topological polar surface area (TPSA) is 75.2 Å². The number of piperazine rings is 1. The van der Waals surface area contributed by atoms with Crippen LogP contribution < -0.4 is 5.32 Å². The van der Waals surface area contributed by atoms with Crippen LogP contribution in [0.1, 0.15) is 18.3 Å². The Morgan fingerprint density at radius 3 is 2.50 bits per heavy atom. The molecule has 0 spiro atoms. The normalized spacial score (nSPS) is 22.1. The summed E-state index contributed by atoms with van der Waals surface area (Å²) in [6.07, 6.45) is 0. The third kappa shape index (κ3) is 2.52. The monoisotopic (exact) mass is 270 g/mol. The lowest BCUT2D eigenvalue weighted by molar-refractivity contribution is 0.282. The fourth-order valence-corrected chi connectivity index (χ4v) is 3.70.